The van der Waals surface area contributed by atoms with Crippen LogP contribution in [-0.2, 0) is 4.79 Å². The Labute approximate surface area is 234 Å². The molecule has 0 aliphatic heterocycles. The zero-order chi connectivity index (χ0) is 27.9. The number of carbonyl (C=O) groups is 1. The van der Waals surface area contributed by atoms with E-state index in [1.165, 1.54) is 0 Å². The predicted molar refractivity (Wildman–Crippen MR) is 156 cm³/mol. The summed E-state index contributed by atoms with van der Waals surface area (Å²) in [7, 11) is 3.15. The average Bonchev–Trinajstić information content (AvgIpc) is 3.64. The van der Waals surface area contributed by atoms with E-state index < -0.39 is 0 Å². The Hall–Kier alpha value is -5.44. The monoisotopic (exact) mass is 544 g/mol. The van der Waals surface area contributed by atoms with Crippen LogP contribution in [0.5, 0.6) is 11.5 Å². The van der Waals surface area contributed by atoms with Crippen LogP contribution >= 0.6 is 0 Å². The maximum atomic E-state index is 13.9. The van der Waals surface area contributed by atoms with Crippen molar-refractivity contribution in [1.82, 2.24) is 9.97 Å². The second-order valence-corrected chi connectivity index (χ2v) is 9.64. The number of hydrogen-bond acceptors (Lipinski definition) is 9. The number of anilines is 1. The SMILES string of the molecule is COc1ccc(OC)c(NN=C2C(=O)C(c3nc4ccccc4o3)=CC3C=C(c4nc5ccccc5o4)C=CC23)c1. The zero-order valence-corrected chi connectivity index (χ0v) is 22.2. The molecule has 2 heterocycles. The first-order chi connectivity index (χ1) is 20.1. The number of ketones is 1. The number of allylic oxidation sites excluding steroid dienone is 6. The topological polar surface area (TPSA) is 112 Å². The van der Waals surface area contributed by atoms with Gasteiger partial charge in [-0.2, -0.15) is 5.10 Å². The van der Waals surface area contributed by atoms with E-state index in [9.17, 15) is 4.79 Å². The third kappa shape index (κ3) is 4.37. The summed E-state index contributed by atoms with van der Waals surface area (Å²) in [4.78, 5) is 23.2. The Morgan fingerprint density at radius 1 is 0.854 bits per heavy atom. The molecule has 3 aromatic carbocycles. The van der Waals surface area contributed by atoms with Crippen molar-refractivity contribution >= 4 is 50.5 Å². The van der Waals surface area contributed by atoms with Gasteiger partial charge in [0.25, 0.3) is 0 Å². The Bertz CT molecular complexity index is 1880. The van der Waals surface area contributed by atoms with Crippen molar-refractivity contribution in [2.45, 2.75) is 0 Å². The molecule has 2 aliphatic rings. The second-order valence-electron chi connectivity index (χ2n) is 9.64. The maximum Gasteiger partial charge on any atom is 0.231 e. The summed E-state index contributed by atoms with van der Waals surface area (Å²) in [6.45, 7) is 0. The van der Waals surface area contributed by atoms with Gasteiger partial charge in [0, 0.05) is 23.5 Å². The van der Waals surface area contributed by atoms with E-state index in [1.54, 1.807) is 32.4 Å². The van der Waals surface area contributed by atoms with E-state index in [-0.39, 0.29) is 23.5 Å². The molecule has 9 heteroatoms. The van der Waals surface area contributed by atoms with Crippen molar-refractivity contribution in [2.24, 2.45) is 16.9 Å². The van der Waals surface area contributed by atoms with Crippen LogP contribution < -0.4 is 14.9 Å². The Balaban J connectivity index is 1.32. The number of hydrogen-bond donors (Lipinski definition) is 1. The number of oxazole rings is 2. The van der Waals surface area contributed by atoms with Crippen LogP contribution in [0.4, 0.5) is 5.69 Å². The smallest absolute Gasteiger partial charge is 0.231 e. The molecule has 5 aromatic rings. The summed E-state index contributed by atoms with van der Waals surface area (Å²) in [6.07, 6.45) is 7.79. The Kier molecular flexibility index (Phi) is 5.96. The van der Waals surface area contributed by atoms with Gasteiger partial charge in [-0.25, -0.2) is 9.97 Å². The molecule has 0 fully saturated rings. The number of benzene rings is 3. The minimum Gasteiger partial charge on any atom is -0.497 e. The number of ether oxygens (including phenoxy) is 2. The molecular formula is C32H24N4O5. The third-order valence-corrected chi connectivity index (χ3v) is 7.19. The summed E-state index contributed by atoms with van der Waals surface area (Å²) >= 11 is 0. The molecule has 0 amide bonds. The van der Waals surface area contributed by atoms with Crippen LogP contribution in [0.3, 0.4) is 0 Å². The summed E-state index contributed by atoms with van der Waals surface area (Å²) < 4.78 is 22.9. The van der Waals surface area contributed by atoms with Gasteiger partial charge in [-0.05, 0) is 36.4 Å². The molecule has 0 radical (unpaired) electrons. The number of rotatable bonds is 6. The molecule has 202 valence electrons. The largest absolute Gasteiger partial charge is 0.497 e. The minimum atomic E-state index is -0.340. The average molecular weight is 545 g/mol. The lowest BCUT2D eigenvalue weighted by Gasteiger charge is -2.28. The van der Waals surface area contributed by atoms with E-state index in [0.29, 0.717) is 51.0 Å². The van der Waals surface area contributed by atoms with Crippen LogP contribution in [0.2, 0.25) is 0 Å². The number of hydrazone groups is 1. The molecule has 41 heavy (non-hydrogen) atoms. The molecule has 1 N–H and O–H groups in total. The number of methoxy groups -OCH3 is 2. The van der Waals surface area contributed by atoms with Gasteiger partial charge in [-0.3, -0.25) is 10.2 Å². The third-order valence-electron chi connectivity index (χ3n) is 7.19. The van der Waals surface area contributed by atoms with Gasteiger partial charge in [-0.1, -0.05) is 48.6 Å². The summed E-state index contributed by atoms with van der Waals surface area (Å²) in [5, 5.41) is 4.62. The fourth-order valence-corrected chi connectivity index (χ4v) is 5.13. The van der Waals surface area contributed by atoms with Crippen molar-refractivity contribution in [3.63, 3.8) is 0 Å². The number of para-hydroxylation sites is 4. The number of carbonyl (C=O) groups excluding carboxylic acids is 1. The number of aromatic nitrogens is 2. The zero-order valence-electron chi connectivity index (χ0n) is 22.2. The van der Waals surface area contributed by atoms with Crippen LogP contribution in [0.15, 0.2) is 105 Å². The van der Waals surface area contributed by atoms with Crippen LogP contribution in [-0.4, -0.2) is 35.7 Å². The van der Waals surface area contributed by atoms with E-state index in [2.05, 4.69) is 20.5 Å². The van der Waals surface area contributed by atoms with Gasteiger partial charge >= 0.3 is 0 Å². The highest BCUT2D eigenvalue weighted by Crippen LogP contribution is 2.38. The molecule has 2 aliphatic carbocycles. The first-order valence-electron chi connectivity index (χ1n) is 13.1. The number of nitrogens with one attached hydrogen (secondary N) is 1. The highest BCUT2D eigenvalue weighted by molar-refractivity contribution is 6.57. The van der Waals surface area contributed by atoms with Crippen molar-refractivity contribution in [2.75, 3.05) is 19.6 Å². The van der Waals surface area contributed by atoms with Gasteiger partial charge in [0.05, 0.1) is 19.8 Å². The first kappa shape index (κ1) is 24.6. The predicted octanol–water partition coefficient (Wildman–Crippen LogP) is 6.31. The van der Waals surface area contributed by atoms with Crippen molar-refractivity contribution in [3.05, 3.63) is 103 Å². The molecule has 9 nitrogen and oxygen atoms in total. The fourth-order valence-electron chi connectivity index (χ4n) is 5.13. The number of Topliss-reactive ketones (excluding diaryl/α,β-unsaturated/α-hetero) is 1. The van der Waals surface area contributed by atoms with Gasteiger partial charge in [0.1, 0.15) is 33.9 Å². The van der Waals surface area contributed by atoms with Gasteiger partial charge in [0.15, 0.2) is 11.2 Å². The fraction of sp³-hybridized carbons (Fsp3) is 0.125. The van der Waals surface area contributed by atoms with Crippen LogP contribution in [0, 0.1) is 11.8 Å². The standard InChI is InChI=1S/C32H24N4O5/c1-38-20-12-14-26(39-2)25(17-20)35-36-29-21-13-11-18(31-33-23-7-3-5-9-27(23)40-31)15-19(21)16-22(30(29)37)32-34-24-8-4-6-10-28(24)41-32/h3-17,19,21,35H,1-2H3. The van der Waals surface area contributed by atoms with E-state index in [4.69, 9.17) is 18.3 Å². The summed E-state index contributed by atoms with van der Waals surface area (Å²) in [5.74, 6) is 1.07. The molecule has 2 atom stereocenters. The molecule has 7 rings (SSSR count). The maximum absolute atomic E-state index is 13.9. The lowest BCUT2D eigenvalue weighted by Crippen LogP contribution is -2.34. The summed E-state index contributed by atoms with van der Waals surface area (Å²) in [6, 6.07) is 20.3. The normalized spacial score (nSPS) is 19.3. The first-order valence-corrected chi connectivity index (χ1v) is 13.1. The lowest BCUT2D eigenvalue weighted by atomic mass is 9.75. The van der Waals surface area contributed by atoms with E-state index in [0.717, 1.165) is 11.1 Å². The van der Waals surface area contributed by atoms with Crippen molar-refractivity contribution in [1.29, 1.82) is 0 Å². The molecule has 2 unspecified atom stereocenters. The van der Waals surface area contributed by atoms with Crippen LogP contribution in [0.1, 0.15) is 11.8 Å². The molecule has 0 saturated heterocycles. The van der Waals surface area contributed by atoms with Gasteiger partial charge < -0.3 is 18.3 Å². The van der Waals surface area contributed by atoms with Crippen LogP contribution in [0.25, 0.3) is 33.3 Å². The van der Waals surface area contributed by atoms with E-state index in [1.807, 2.05) is 72.8 Å². The van der Waals surface area contributed by atoms with Crippen molar-refractivity contribution in [3.8, 4) is 11.5 Å². The quantitative estimate of drug-likeness (QED) is 0.248. The highest BCUT2D eigenvalue weighted by Gasteiger charge is 2.38. The second kappa shape index (κ2) is 9.95. The molecule has 2 aromatic heterocycles. The number of nitrogens with zero attached hydrogens (tertiary/aromatic N) is 3. The molecule has 0 bridgehead atoms. The van der Waals surface area contributed by atoms with Gasteiger partial charge in [-0.15, -0.1) is 0 Å². The van der Waals surface area contributed by atoms with E-state index >= 15 is 0 Å². The Morgan fingerprint density at radius 3 is 2.27 bits per heavy atom. The number of fused-ring (bicyclic) bond motifs is 3. The molecule has 0 saturated carbocycles. The molecule has 0 spiro atoms. The summed E-state index contributed by atoms with van der Waals surface area (Å²) in [5.41, 5.74) is 7.80. The van der Waals surface area contributed by atoms with Crippen molar-refractivity contribution < 1.29 is 23.1 Å². The highest BCUT2D eigenvalue weighted by atomic mass is 16.5. The minimum absolute atomic E-state index is 0.236. The van der Waals surface area contributed by atoms with Gasteiger partial charge in [0.2, 0.25) is 17.6 Å². The Morgan fingerprint density at radius 2 is 1.56 bits per heavy atom. The molecular weight excluding hydrogens is 520 g/mol. The lowest BCUT2D eigenvalue weighted by molar-refractivity contribution is -0.108.